The molecule has 1 amide bonds. The van der Waals surface area contributed by atoms with Crippen molar-refractivity contribution in [3.05, 3.63) is 58.6 Å². The van der Waals surface area contributed by atoms with Gasteiger partial charge in [-0.1, -0.05) is 17.7 Å². The van der Waals surface area contributed by atoms with Crippen molar-refractivity contribution in [1.29, 1.82) is 0 Å². The predicted molar refractivity (Wildman–Crippen MR) is 98.8 cm³/mol. The van der Waals surface area contributed by atoms with Crippen molar-refractivity contribution in [1.82, 2.24) is 4.72 Å². The predicted octanol–water partition coefficient (Wildman–Crippen LogP) is 4.30. The van der Waals surface area contributed by atoms with Crippen LogP contribution in [0.15, 0.2) is 47.4 Å². The second-order valence-electron chi connectivity index (χ2n) is 6.47. The highest BCUT2D eigenvalue weighted by Crippen LogP contribution is 2.36. The lowest BCUT2D eigenvalue weighted by Gasteiger charge is -2.12. The Balaban J connectivity index is 1.78. The lowest BCUT2D eigenvalue weighted by molar-refractivity contribution is -0.137. The number of carbonyl (C=O) groups excluding carboxylic acids is 1. The summed E-state index contributed by atoms with van der Waals surface area (Å²) < 4.78 is 65.9. The highest BCUT2D eigenvalue weighted by atomic mass is 35.5. The average Bonchev–Trinajstić information content (AvgIpc) is 3.45. The number of anilines is 1. The van der Waals surface area contributed by atoms with Gasteiger partial charge in [-0.25, -0.2) is 13.1 Å². The first kappa shape index (κ1) is 20.6. The summed E-state index contributed by atoms with van der Waals surface area (Å²) in [5.74, 6) is -0.399. The van der Waals surface area contributed by atoms with Gasteiger partial charge >= 0.3 is 6.18 Å². The Morgan fingerprint density at radius 3 is 2.50 bits per heavy atom. The molecule has 0 saturated heterocycles. The highest BCUT2D eigenvalue weighted by molar-refractivity contribution is 7.89. The summed E-state index contributed by atoms with van der Waals surface area (Å²) in [7, 11) is -3.77. The number of halogens is 4. The van der Waals surface area contributed by atoms with E-state index in [1.807, 2.05) is 0 Å². The molecule has 28 heavy (non-hydrogen) atoms. The number of carbonyl (C=O) groups is 1. The zero-order valence-electron chi connectivity index (χ0n) is 14.4. The fourth-order valence-corrected chi connectivity index (χ4v) is 3.85. The van der Waals surface area contributed by atoms with Crippen LogP contribution in [-0.2, 0) is 16.2 Å². The number of hydrogen-bond donors (Lipinski definition) is 2. The van der Waals surface area contributed by atoms with E-state index in [4.69, 9.17) is 11.6 Å². The quantitative estimate of drug-likeness (QED) is 0.714. The van der Waals surface area contributed by atoms with Crippen LogP contribution < -0.4 is 10.0 Å². The third-order valence-electron chi connectivity index (χ3n) is 4.20. The van der Waals surface area contributed by atoms with Crippen molar-refractivity contribution in [2.75, 3.05) is 11.9 Å². The molecule has 150 valence electrons. The Morgan fingerprint density at radius 2 is 1.86 bits per heavy atom. The van der Waals surface area contributed by atoms with E-state index in [1.165, 1.54) is 30.3 Å². The van der Waals surface area contributed by atoms with Gasteiger partial charge in [0.25, 0.3) is 5.91 Å². The van der Waals surface area contributed by atoms with Gasteiger partial charge in [-0.3, -0.25) is 4.79 Å². The van der Waals surface area contributed by atoms with Crippen molar-refractivity contribution in [2.45, 2.75) is 23.9 Å². The lowest BCUT2D eigenvalue weighted by Crippen LogP contribution is -2.26. The molecule has 0 aromatic heterocycles. The molecular formula is C18H16ClF3N2O3S. The first-order valence-electron chi connectivity index (χ1n) is 8.34. The minimum atomic E-state index is -4.67. The highest BCUT2D eigenvalue weighted by Gasteiger charge is 2.33. The van der Waals surface area contributed by atoms with Gasteiger partial charge < -0.3 is 5.32 Å². The summed E-state index contributed by atoms with van der Waals surface area (Å²) in [6.07, 6.45) is -2.71. The molecule has 2 aromatic carbocycles. The summed E-state index contributed by atoms with van der Waals surface area (Å²) in [4.78, 5) is 12.3. The largest absolute Gasteiger partial charge is 0.417 e. The number of alkyl halides is 3. The Kier molecular flexibility index (Phi) is 5.69. The molecule has 1 saturated carbocycles. The van der Waals surface area contributed by atoms with Crippen molar-refractivity contribution < 1.29 is 26.4 Å². The molecule has 5 nitrogen and oxygen atoms in total. The van der Waals surface area contributed by atoms with Crippen LogP contribution in [-0.4, -0.2) is 20.9 Å². The minimum absolute atomic E-state index is 0.00203. The molecule has 0 spiro atoms. The standard InChI is InChI=1S/C18H16ClF3N2O3S/c19-16-7-6-13(9-15(16)18(20,21)22)24-17(25)12-2-1-3-14(8-12)28(26,27)23-10-11-4-5-11/h1-3,6-9,11,23H,4-5,10H2,(H,24,25). The molecule has 0 unspecified atom stereocenters. The van der Waals surface area contributed by atoms with Gasteiger partial charge in [0.05, 0.1) is 15.5 Å². The van der Waals surface area contributed by atoms with Crippen molar-refractivity contribution >= 4 is 33.2 Å². The smallest absolute Gasteiger partial charge is 0.322 e. The number of nitrogens with one attached hydrogen (secondary N) is 2. The molecule has 0 heterocycles. The molecule has 1 aliphatic carbocycles. The minimum Gasteiger partial charge on any atom is -0.322 e. The Hall–Kier alpha value is -2.10. The number of benzene rings is 2. The van der Waals surface area contributed by atoms with Gasteiger partial charge in [0.2, 0.25) is 10.0 Å². The number of hydrogen-bond acceptors (Lipinski definition) is 3. The molecular weight excluding hydrogens is 417 g/mol. The molecule has 0 atom stereocenters. The SMILES string of the molecule is O=C(Nc1ccc(Cl)c(C(F)(F)F)c1)c1cccc(S(=O)(=O)NCC2CC2)c1. The van der Waals surface area contributed by atoms with Gasteiger partial charge in [-0.15, -0.1) is 0 Å². The van der Waals surface area contributed by atoms with Gasteiger partial charge in [-0.2, -0.15) is 13.2 Å². The van der Waals surface area contributed by atoms with Gasteiger partial charge in [0.1, 0.15) is 0 Å². The van der Waals surface area contributed by atoms with Crippen molar-refractivity contribution in [3.63, 3.8) is 0 Å². The second kappa shape index (κ2) is 7.73. The number of rotatable bonds is 6. The van der Waals surface area contributed by atoms with Crippen LogP contribution in [0, 0.1) is 5.92 Å². The van der Waals surface area contributed by atoms with Crippen molar-refractivity contribution in [3.8, 4) is 0 Å². The lowest BCUT2D eigenvalue weighted by atomic mass is 10.1. The van der Waals surface area contributed by atoms with E-state index in [1.54, 1.807) is 0 Å². The first-order valence-corrected chi connectivity index (χ1v) is 10.2. The summed E-state index contributed by atoms with van der Waals surface area (Å²) >= 11 is 5.56. The zero-order chi connectivity index (χ0) is 20.5. The van der Waals surface area contributed by atoms with Crippen LogP contribution in [0.1, 0.15) is 28.8 Å². The molecule has 10 heteroatoms. The second-order valence-corrected chi connectivity index (χ2v) is 8.64. The van der Waals surface area contributed by atoms with Crippen LogP contribution in [0.4, 0.5) is 18.9 Å². The fraction of sp³-hybridized carbons (Fsp3) is 0.278. The zero-order valence-corrected chi connectivity index (χ0v) is 16.0. The van der Waals surface area contributed by atoms with Crippen LogP contribution in [0.2, 0.25) is 5.02 Å². The van der Waals surface area contributed by atoms with E-state index < -0.39 is 32.7 Å². The van der Waals surface area contributed by atoms with Crippen molar-refractivity contribution in [2.24, 2.45) is 5.92 Å². The monoisotopic (exact) mass is 432 g/mol. The van der Waals surface area contributed by atoms with Gasteiger partial charge in [-0.05, 0) is 55.2 Å². The van der Waals surface area contributed by atoms with E-state index in [9.17, 15) is 26.4 Å². The third-order valence-corrected chi connectivity index (χ3v) is 5.95. The maximum absolute atomic E-state index is 12.9. The molecule has 2 N–H and O–H groups in total. The van der Waals surface area contributed by atoms with Crippen LogP contribution >= 0.6 is 11.6 Å². The molecule has 1 aliphatic rings. The Morgan fingerprint density at radius 1 is 1.14 bits per heavy atom. The molecule has 3 rings (SSSR count). The summed E-state index contributed by atoms with van der Waals surface area (Å²) in [5, 5.41) is 1.84. The Bertz CT molecular complexity index is 1010. The fourth-order valence-electron chi connectivity index (χ4n) is 2.46. The van der Waals surface area contributed by atoms with Crippen LogP contribution in [0.5, 0.6) is 0 Å². The van der Waals surface area contributed by atoms with E-state index >= 15 is 0 Å². The number of amides is 1. The van der Waals surface area contributed by atoms with E-state index in [2.05, 4.69) is 10.0 Å². The third kappa shape index (κ3) is 5.03. The molecule has 2 aromatic rings. The maximum atomic E-state index is 12.9. The summed E-state index contributed by atoms with van der Waals surface area (Å²) in [5.41, 5.74) is -1.19. The summed E-state index contributed by atoms with van der Waals surface area (Å²) in [6, 6.07) is 8.26. The molecule has 1 fully saturated rings. The first-order chi connectivity index (χ1) is 13.1. The van der Waals surface area contributed by atoms with E-state index in [0.717, 1.165) is 25.0 Å². The Labute approximate surface area is 164 Å². The van der Waals surface area contributed by atoms with Gasteiger partial charge in [0.15, 0.2) is 0 Å². The molecule has 0 radical (unpaired) electrons. The normalized spacial score (nSPS) is 14.7. The van der Waals surface area contributed by atoms with E-state index in [0.29, 0.717) is 12.5 Å². The molecule has 0 bridgehead atoms. The number of sulfonamides is 1. The van der Waals surface area contributed by atoms with Crippen LogP contribution in [0.25, 0.3) is 0 Å². The van der Waals surface area contributed by atoms with Gasteiger partial charge in [0, 0.05) is 17.8 Å². The maximum Gasteiger partial charge on any atom is 0.417 e. The molecule has 0 aliphatic heterocycles. The average molecular weight is 433 g/mol. The van der Waals surface area contributed by atoms with Crippen LogP contribution in [0.3, 0.4) is 0 Å². The topological polar surface area (TPSA) is 75.3 Å². The van der Waals surface area contributed by atoms with E-state index in [-0.39, 0.29) is 16.1 Å². The summed E-state index contributed by atoms with van der Waals surface area (Å²) in [6.45, 7) is 0.337.